The van der Waals surface area contributed by atoms with Gasteiger partial charge in [0.25, 0.3) is 0 Å². The van der Waals surface area contributed by atoms with E-state index in [0.717, 1.165) is 12.8 Å². The van der Waals surface area contributed by atoms with Crippen LogP contribution in [0.3, 0.4) is 0 Å². The van der Waals surface area contributed by atoms with Gasteiger partial charge in [0.15, 0.2) is 0 Å². The first kappa shape index (κ1) is 13.9. The summed E-state index contributed by atoms with van der Waals surface area (Å²) in [5, 5.41) is 3.11. The van der Waals surface area contributed by atoms with Crippen molar-refractivity contribution in [3.05, 3.63) is 0 Å². The molecule has 0 radical (unpaired) electrons. The lowest BCUT2D eigenvalue weighted by Gasteiger charge is -2.38. The Hall–Kier alpha value is -0.130. The first-order valence-electron chi connectivity index (χ1n) is 6.04. The maximum absolute atomic E-state index is 11.6. The van der Waals surface area contributed by atoms with E-state index in [2.05, 4.69) is 17.0 Å². The minimum Gasteiger partial charge on any atom is -0.313 e. The summed E-state index contributed by atoms with van der Waals surface area (Å²) >= 11 is 0. The standard InChI is InChI=1S/C11H24N2O2S/c1-10(2)12-7-8-16(14,15)13-9-11(3)5-4-6-11/h10,12-13H,4-9H2,1-3H3. The van der Waals surface area contributed by atoms with E-state index < -0.39 is 10.0 Å². The van der Waals surface area contributed by atoms with Crippen molar-refractivity contribution in [3.8, 4) is 0 Å². The van der Waals surface area contributed by atoms with Crippen LogP contribution in [0.5, 0.6) is 0 Å². The third-order valence-corrected chi connectivity index (χ3v) is 4.53. The average molecular weight is 248 g/mol. The molecule has 2 N–H and O–H groups in total. The first-order valence-corrected chi connectivity index (χ1v) is 7.69. The Morgan fingerprint density at radius 1 is 1.31 bits per heavy atom. The Bertz CT molecular complexity index is 308. The fourth-order valence-electron chi connectivity index (χ4n) is 1.80. The van der Waals surface area contributed by atoms with Gasteiger partial charge in [0.1, 0.15) is 0 Å². The molecule has 4 nitrogen and oxygen atoms in total. The van der Waals surface area contributed by atoms with Crippen molar-refractivity contribution in [2.24, 2.45) is 5.41 Å². The highest BCUT2D eigenvalue weighted by atomic mass is 32.2. The fourth-order valence-corrected chi connectivity index (χ4v) is 2.89. The summed E-state index contributed by atoms with van der Waals surface area (Å²) < 4.78 is 26.0. The molecule has 0 spiro atoms. The lowest BCUT2D eigenvalue weighted by molar-refractivity contribution is 0.166. The van der Waals surface area contributed by atoms with E-state index in [-0.39, 0.29) is 11.2 Å². The normalized spacial score (nSPS) is 19.8. The van der Waals surface area contributed by atoms with Gasteiger partial charge in [-0.25, -0.2) is 13.1 Å². The zero-order valence-electron chi connectivity index (χ0n) is 10.5. The Morgan fingerprint density at radius 2 is 1.94 bits per heavy atom. The van der Waals surface area contributed by atoms with Crippen LogP contribution in [0.2, 0.25) is 0 Å². The van der Waals surface area contributed by atoms with Gasteiger partial charge in [-0.1, -0.05) is 27.2 Å². The molecule has 1 aliphatic carbocycles. The minimum absolute atomic E-state index is 0.168. The lowest BCUT2D eigenvalue weighted by Crippen LogP contribution is -2.42. The molecule has 0 bridgehead atoms. The van der Waals surface area contributed by atoms with Crippen LogP contribution < -0.4 is 10.0 Å². The maximum atomic E-state index is 11.6. The van der Waals surface area contributed by atoms with Gasteiger partial charge >= 0.3 is 0 Å². The predicted octanol–water partition coefficient (Wildman–Crippen LogP) is 1.09. The summed E-state index contributed by atoms with van der Waals surface area (Å²) in [5.41, 5.74) is 0.207. The summed E-state index contributed by atoms with van der Waals surface area (Å²) in [6.45, 7) is 7.27. The summed E-state index contributed by atoms with van der Waals surface area (Å²) in [6.07, 6.45) is 3.51. The Labute approximate surface area is 99.2 Å². The van der Waals surface area contributed by atoms with E-state index in [4.69, 9.17) is 0 Å². The zero-order chi connectivity index (χ0) is 12.2. The van der Waals surface area contributed by atoms with Gasteiger partial charge in [-0.2, -0.15) is 0 Å². The van der Waals surface area contributed by atoms with Crippen LogP contribution in [0.4, 0.5) is 0 Å². The van der Waals surface area contributed by atoms with E-state index in [0.29, 0.717) is 19.1 Å². The van der Waals surface area contributed by atoms with Crippen molar-refractivity contribution >= 4 is 10.0 Å². The van der Waals surface area contributed by atoms with E-state index >= 15 is 0 Å². The molecule has 0 heterocycles. The molecular formula is C11H24N2O2S. The van der Waals surface area contributed by atoms with E-state index in [1.807, 2.05) is 13.8 Å². The average Bonchev–Trinajstić information content (AvgIpc) is 2.11. The zero-order valence-corrected chi connectivity index (χ0v) is 11.4. The second kappa shape index (κ2) is 5.47. The van der Waals surface area contributed by atoms with Gasteiger partial charge in [0, 0.05) is 19.1 Å². The number of rotatable bonds is 7. The predicted molar refractivity (Wildman–Crippen MR) is 66.9 cm³/mol. The SMILES string of the molecule is CC(C)NCCS(=O)(=O)NCC1(C)CCC1. The molecular weight excluding hydrogens is 224 g/mol. The quantitative estimate of drug-likeness (QED) is 0.709. The highest BCUT2D eigenvalue weighted by Crippen LogP contribution is 2.39. The summed E-state index contributed by atoms with van der Waals surface area (Å²) in [6, 6.07) is 0.333. The summed E-state index contributed by atoms with van der Waals surface area (Å²) in [5.74, 6) is 0.168. The first-order chi connectivity index (χ1) is 7.33. The molecule has 1 rings (SSSR count). The highest BCUT2D eigenvalue weighted by molar-refractivity contribution is 7.89. The van der Waals surface area contributed by atoms with E-state index in [1.165, 1.54) is 6.42 Å². The van der Waals surface area contributed by atoms with Crippen LogP contribution in [-0.4, -0.2) is 33.3 Å². The molecule has 0 aromatic heterocycles. The van der Waals surface area contributed by atoms with Crippen LogP contribution in [-0.2, 0) is 10.0 Å². The van der Waals surface area contributed by atoms with Crippen molar-refractivity contribution in [2.75, 3.05) is 18.8 Å². The third-order valence-electron chi connectivity index (χ3n) is 3.20. The fraction of sp³-hybridized carbons (Fsp3) is 1.00. The highest BCUT2D eigenvalue weighted by Gasteiger charge is 2.32. The van der Waals surface area contributed by atoms with E-state index in [1.54, 1.807) is 0 Å². The van der Waals surface area contributed by atoms with Crippen molar-refractivity contribution in [1.29, 1.82) is 0 Å². The number of hydrogen-bond acceptors (Lipinski definition) is 3. The number of sulfonamides is 1. The maximum Gasteiger partial charge on any atom is 0.212 e. The molecule has 16 heavy (non-hydrogen) atoms. The molecule has 0 amide bonds. The van der Waals surface area contributed by atoms with Crippen LogP contribution in [0.1, 0.15) is 40.0 Å². The Kier molecular flexibility index (Phi) is 4.76. The van der Waals surface area contributed by atoms with Crippen molar-refractivity contribution in [3.63, 3.8) is 0 Å². The van der Waals surface area contributed by atoms with Crippen LogP contribution in [0.15, 0.2) is 0 Å². The van der Waals surface area contributed by atoms with Crippen LogP contribution >= 0.6 is 0 Å². The van der Waals surface area contributed by atoms with Crippen LogP contribution in [0, 0.1) is 5.41 Å². The Balaban J connectivity index is 2.23. The number of hydrogen-bond donors (Lipinski definition) is 2. The monoisotopic (exact) mass is 248 g/mol. The summed E-state index contributed by atoms with van der Waals surface area (Å²) in [4.78, 5) is 0. The topological polar surface area (TPSA) is 58.2 Å². The van der Waals surface area contributed by atoms with Gasteiger partial charge in [-0.15, -0.1) is 0 Å². The second-order valence-electron chi connectivity index (χ2n) is 5.41. The largest absolute Gasteiger partial charge is 0.313 e. The molecule has 0 aromatic carbocycles. The van der Waals surface area contributed by atoms with Crippen molar-refractivity contribution in [1.82, 2.24) is 10.0 Å². The molecule has 0 unspecified atom stereocenters. The van der Waals surface area contributed by atoms with Crippen LogP contribution in [0.25, 0.3) is 0 Å². The van der Waals surface area contributed by atoms with Gasteiger partial charge < -0.3 is 5.32 Å². The molecule has 1 aliphatic rings. The molecule has 96 valence electrons. The van der Waals surface area contributed by atoms with Crippen molar-refractivity contribution < 1.29 is 8.42 Å². The molecule has 0 aromatic rings. The second-order valence-corrected chi connectivity index (χ2v) is 7.34. The molecule has 0 aliphatic heterocycles. The third kappa shape index (κ3) is 4.80. The van der Waals surface area contributed by atoms with Crippen molar-refractivity contribution in [2.45, 2.75) is 46.1 Å². The van der Waals surface area contributed by atoms with E-state index in [9.17, 15) is 8.42 Å². The minimum atomic E-state index is -3.10. The lowest BCUT2D eigenvalue weighted by atomic mass is 9.71. The van der Waals surface area contributed by atoms with Gasteiger partial charge in [-0.05, 0) is 18.3 Å². The molecule has 0 saturated heterocycles. The molecule has 0 atom stereocenters. The number of nitrogens with one attached hydrogen (secondary N) is 2. The smallest absolute Gasteiger partial charge is 0.212 e. The molecule has 1 fully saturated rings. The molecule has 1 saturated carbocycles. The van der Waals surface area contributed by atoms with Gasteiger partial charge in [0.2, 0.25) is 10.0 Å². The Morgan fingerprint density at radius 3 is 2.38 bits per heavy atom. The summed E-state index contributed by atoms with van der Waals surface area (Å²) in [7, 11) is -3.10. The van der Waals surface area contributed by atoms with Gasteiger partial charge in [0.05, 0.1) is 5.75 Å². The molecule has 5 heteroatoms. The van der Waals surface area contributed by atoms with Gasteiger partial charge in [-0.3, -0.25) is 0 Å².